The number of rotatable bonds is 8. The van der Waals surface area contributed by atoms with Gasteiger partial charge in [-0.15, -0.1) is 0 Å². The zero-order chi connectivity index (χ0) is 14.1. The fourth-order valence-corrected chi connectivity index (χ4v) is 1.53. The van der Waals surface area contributed by atoms with Gasteiger partial charge < -0.3 is 15.2 Å². The highest BCUT2D eigenvalue weighted by atomic mass is 16.5. The number of hydrogen-bond donors (Lipinski definition) is 1. The third-order valence-electron chi connectivity index (χ3n) is 2.48. The van der Waals surface area contributed by atoms with Crippen molar-refractivity contribution in [1.29, 1.82) is 0 Å². The highest BCUT2D eigenvalue weighted by Crippen LogP contribution is 2.13. The fourth-order valence-electron chi connectivity index (χ4n) is 1.53. The Bertz CT molecular complexity index is 431. The Morgan fingerprint density at radius 2 is 1.89 bits per heavy atom. The van der Waals surface area contributed by atoms with Gasteiger partial charge in [-0.3, -0.25) is 9.59 Å². The molecule has 0 aliphatic heterocycles. The summed E-state index contributed by atoms with van der Waals surface area (Å²) in [4.78, 5) is 21.5. The average Bonchev–Trinajstić information content (AvgIpc) is 2.37. The lowest BCUT2D eigenvalue weighted by atomic mass is 10.2. The zero-order valence-electron chi connectivity index (χ0n) is 11.1. The fraction of sp³-hybridized carbons (Fsp3) is 0.429. The Balaban J connectivity index is 2.17. The molecule has 0 heterocycles. The molecule has 0 fully saturated rings. The van der Waals surface area contributed by atoms with E-state index in [2.05, 4.69) is 0 Å². The van der Waals surface area contributed by atoms with Crippen molar-refractivity contribution in [2.24, 2.45) is 5.73 Å². The van der Waals surface area contributed by atoms with Crippen molar-refractivity contribution in [1.82, 2.24) is 0 Å². The number of primary amides is 1. The van der Waals surface area contributed by atoms with Crippen LogP contribution in [-0.2, 0) is 9.53 Å². The van der Waals surface area contributed by atoms with E-state index in [1.54, 1.807) is 24.3 Å². The molecule has 0 saturated heterocycles. The molecule has 1 aromatic rings. The number of carbonyl (C=O) groups is 2. The second kappa shape index (κ2) is 8.13. The van der Waals surface area contributed by atoms with Gasteiger partial charge in [0.05, 0.1) is 13.2 Å². The lowest BCUT2D eigenvalue weighted by Gasteiger charge is -2.07. The molecule has 0 aliphatic rings. The van der Waals surface area contributed by atoms with Gasteiger partial charge in [0.15, 0.2) is 0 Å². The number of hydrogen-bond acceptors (Lipinski definition) is 4. The van der Waals surface area contributed by atoms with E-state index in [1.807, 2.05) is 0 Å². The average molecular weight is 265 g/mol. The Morgan fingerprint density at radius 1 is 1.16 bits per heavy atom. The molecule has 0 aromatic heterocycles. The van der Waals surface area contributed by atoms with E-state index in [-0.39, 0.29) is 5.97 Å². The van der Waals surface area contributed by atoms with Crippen LogP contribution >= 0.6 is 0 Å². The Morgan fingerprint density at radius 3 is 2.58 bits per heavy atom. The molecule has 104 valence electrons. The summed E-state index contributed by atoms with van der Waals surface area (Å²) in [5, 5.41) is 0. The van der Waals surface area contributed by atoms with Gasteiger partial charge in [-0.05, 0) is 37.5 Å². The van der Waals surface area contributed by atoms with Crippen LogP contribution in [0.4, 0.5) is 0 Å². The summed E-state index contributed by atoms with van der Waals surface area (Å²) in [7, 11) is 0. The van der Waals surface area contributed by atoms with E-state index in [0.717, 1.165) is 19.3 Å². The maximum Gasteiger partial charge on any atom is 0.302 e. The van der Waals surface area contributed by atoms with Gasteiger partial charge in [0.1, 0.15) is 5.75 Å². The molecule has 0 atom stereocenters. The number of carbonyl (C=O) groups excluding carboxylic acids is 2. The second-order valence-electron chi connectivity index (χ2n) is 4.14. The molecule has 1 amide bonds. The van der Waals surface area contributed by atoms with Gasteiger partial charge in [0.25, 0.3) is 0 Å². The van der Waals surface area contributed by atoms with Crippen molar-refractivity contribution in [3.63, 3.8) is 0 Å². The normalized spacial score (nSPS) is 9.95. The maximum atomic E-state index is 11.0. The van der Waals surface area contributed by atoms with Crippen LogP contribution in [0.1, 0.15) is 36.5 Å². The van der Waals surface area contributed by atoms with Crippen molar-refractivity contribution < 1.29 is 19.1 Å². The van der Waals surface area contributed by atoms with Crippen LogP contribution < -0.4 is 10.5 Å². The maximum absolute atomic E-state index is 11.0. The summed E-state index contributed by atoms with van der Waals surface area (Å²) in [5.74, 6) is -0.0809. The van der Waals surface area contributed by atoms with E-state index in [4.69, 9.17) is 15.2 Å². The molecule has 0 bridgehead atoms. The van der Waals surface area contributed by atoms with E-state index >= 15 is 0 Å². The quantitative estimate of drug-likeness (QED) is 0.575. The lowest BCUT2D eigenvalue weighted by Crippen LogP contribution is -2.10. The van der Waals surface area contributed by atoms with Crippen LogP contribution in [0.3, 0.4) is 0 Å². The molecule has 0 unspecified atom stereocenters. The van der Waals surface area contributed by atoms with Gasteiger partial charge in [0.2, 0.25) is 5.91 Å². The smallest absolute Gasteiger partial charge is 0.302 e. The third kappa shape index (κ3) is 6.45. The molecule has 0 aliphatic carbocycles. The third-order valence-corrected chi connectivity index (χ3v) is 2.48. The van der Waals surface area contributed by atoms with Gasteiger partial charge in [0, 0.05) is 12.5 Å². The molecular formula is C14H19NO4. The molecule has 0 saturated carbocycles. The number of benzene rings is 1. The summed E-state index contributed by atoms with van der Waals surface area (Å²) in [6.07, 6.45) is 2.61. The van der Waals surface area contributed by atoms with Crippen LogP contribution in [0, 0.1) is 0 Å². The first kappa shape index (κ1) is 15.0. The van der Waals surface area contributed by atoms with Crippen LogP contribution in [0.5, 0.6) is 5.75 Å². The second-order valence-corrected chi connectivity index (χ2v) is 4.14. The van der Waals surface area contributed by atoms with Gasteiger partial charge in [-0.1, -0.05) is 6.07 Å². The molecule has 2 N–H and O–H groups in total. The van der Waals surface area contributed by atoms with E-state index < -0.39 is 5.91 Å². The van der Waals surface area contributed by atoms with E-state index in [0.29, 0.717) is 24.5 Å². The highest BCUT2D eigenvalue weighted by molar-refractivity contribution is 5.93. The number of amides is 1. The van der Waals surface area contributed by atoms with Crippen LogP contribution in [0.25, 0.3) is 0 Å². The zero-order valence-corrected chi connectivity index (χ0v) is 11.1. The van der Waals surface area contributed by atoms with Crippen LogP contribution in [0.2, 0.25) is 0 Å². The first-order valence-corrected chi connectivity index (χ1v) is 6.25. The van der Waals surface area contributed by atoms with E-state index in [9.17, 15) is 9.59 Å². The summed E-state index contributed by atoms with van der Waals surface area (Å²) in [6.45, 7) is 2.41. The van der Waals surface area contributed by atoms with E-state index in [1.165, 1.54) is 6.92 Å². The molecule has 1 aromatic carbocycles. The number of esters is 1. The van der Waals surface area contributed by atoms with Crippen LogP contribution in [-0.4, -0.2) is 25.1 Å². The van der Waals surface area contributed by atoms with Crippen molar-refractivity contribution >= 4 is 11.9 Å². The minimum Gasteiger partial charge on any atom is -0.494 e. The van der Waals surface area contributed by atoms with Crippen LogP contribution in [0.15, 0.2) is 24.3 Å². The van der Waals surface area contributed by atoms with Gasteiger partial charge >= 0.3 is 5.97 Å². The van der Waals surface area contributed by atoms with Crippen molar-refractivity contribution in [2.45, 2.75) is 26.2 Å². The summed E-state index contributed by atoms with van der Waals surface area (Å²) < 4.78 is 10.3. The Kier molecular flexibility index (Phi) is 6.43. The number of unbranched alkanes of at least 4 members (excludes halogenated alkanes) is 2. The minimum atomic E-state index is -0.466. The molecule has 1 rings (SSSR count). The molecule has 0 radical (unpaired) electrons. The topological polar surface area (TPSA) is 78.6 Å². The first-order chi connectivity index (χ1) is 9.09. The van der Waals surface area contributed by atoms with Crippen molar-refractivity contribution in [3.05, 3.63) is 29.8 Å². The standard InChI is InChI=1S/C14H19NO4/c1-11(16)18-8-3-2-4-9-19-13-7-5-6-12(10-13)14(15)17/h5-7,10H,2-4,8-9H2,1H3,(H2,15,17). The molecule has 5 heteroatoms. The monoisotopic (exact) mass is 265 g/mol. The minimum absolute atomic E-state index is 0.250. The first-order valence-electron chi connectivity index (χ1n) is 6.25. The largest absolute Gasteiger partial charge is 0.494 e. The predicted molar refractivity (Wildman–Crippen MR) is 70.9 cm³/mol. The SMILES string of the molecule is CC(=O)OCCCCCOc1cccc(C(N)=O)c1. The van der Waals surface area contributed by atoms with Gasteiger partial charge in [-0.25, -0.2) is 0 Å². The Hall–Kier alpha value is -2.04. The Labute approximate surface area is 112 Å². The molecule has 5 nitrogen and oxygen atoms in total. The number of ether oxygens (including phenoxy) is 2. The van der Waals surface area contributed by atoms with Crippen molar-refractivity contribution in [2.75, 3.05) is 13.2 Å². The summed E-state index contributed by atoms with van der Waals surface area (Å²) in [6, 6.07) is 6.79. The van der Waals surface area contributed by atoms with Crippen molar-refractivity contribution in [3.8, 4) is 5.75 Å². The molecule has 19 heavy (non-hydrogen) atoms. The summed E-state index contributed by atoms with van der Waals surface area (Å²) in [5.41, 5.74) is 5.62. The molecular weight excluding hydrogens is 246 g/mol. The lowest BCUT2D eigenvalue weighted by molar-refractivity contribution is -0.141. The van der Waals surface area contributed by atoms with Gasteiger partial charge in [-0.2, -0.15) is 0 Å². The molecule has 0 spiro atoms. The number of nitrogens with two attached hydrogens (primary N) is 1. The summed E-state index contributed by atoms with van der Waals surface area (Å²) >= 11 is 0. The highest BCUT2D eigenvalue weighted by Gasteiger charge is 2.01. The predicted octanol–water partition coefficient (Wildman–Crippen LogP) is 1.90.